The fourth-order valence-electron chi connectivity index (χ4n) is 0.793. The zero-order valence-corrected chi connectivity index (χ0v) is 8.19. The van der Waals surface area contributed by atoms with Crippen LogP contribution in [0.3, 0.4) is 0 Å². The summed E-state index contributed by atoms with van der Waals surface area (Å²) in [5.74, 6) is 0. The first kappa shape index (κ1) is 9.64. The first-order valence-corrected chi connectivity index (χ1v) is 4.82. The van der Waals surface area contributed by atoms with Crippen LogP contribution >= 0.6 is 11.3 Å². The van der Waals surface area contributed by atoms with Crippen LogP contribution in [0.1, 0.15) is 31.0 Å². The fraction of sp³-hybridized carbons (Fsp3) is 0.625. The van der Waals surface area contributed by atoms with Crippen LogP contribution < -0.4 is 5.73 Å². The Morgan fingerprint density at radius 1 is 1.75 bits per heavy atom. The summed E-state index contributed by atoms with van der Waals surface area (Å²) in [6.45, 7) is 3.98. The molecule has 0 aliphatic heterocycles. The molecular formula is C8H14N2OS. The third-order valence-corrected chi connectivity index (χ3v) is 3.11. The molecule has 0 saturated heterocycles. The second-order valence-corrected chi connectivity index (χ2v) is 3.93. The van der Waals surface area contributed by atoms with Crippen LogP contribution in [0.4, 0.5) is 0 Å². The molecule has 1 atom stereocenters. The summed E-state index contributed by atoms with van der Waals surface area (Å²) in [6.07, 6.45) is 0.853. The minimum absolute atomic E-state index is 0.00368. The molecule has 0 spiro atoms. The monoisotopic (exact) mass is 186 g/mol. The molecule has 68 valence electrons. The maximum absolute atomic E-state index is 8.79. The van der Waals surface area contributed by atoms with Crippen molar-refractivity contribution in [3.05, 3.63) is 16.1 Å². The minimum atomic E-state index is -0.349. The topological polar surface area (TPSA) is 59.1 Å². The fourth-order valence-corrected chi connectivity index (χ4v) is 1.75. The van der Waals surface area contributed by atoms with E-state index in [1.165, 1.54) is 11.3 Å². The molecule has 1 unspecified atom stereocenters. The van der Waals surface area contributed by atoms with Crippen molar-refractivity contribution in [2.75, 3.05) is 0 Å². The molecule has 3 nitrogen and oxygen atoms in total. The number of nitrogens with zero attached hydrogens (tertiary/aromatic N) is 1. The molecule has 1 heterocycles. The van der Waals surface area contributed by atoms with Crippen LogP contribution in [0.15, 0.2) is 5.38 Å². The molecule has 1 aromatic rings. The van der Waals surface area contributed by atoms with Crippen LogP contribution in [0, 0.1) is 0 Å². The Morgan fingerprint density at radius 2 is 2.42 bits per heavy atom. The maximum atomic E-state index is 8.79. The first-order chi connectivity index (χ1) is 5.60. The van der Waals surface area contributed by atoms with Gasteiger partial charge in [0, 0.05) is 5.38 Å². The molecule has 0 fully saturated rings. The lowest BCUT2D eigenvalue weighted by Crippen LogP contribution is -2.31. The molecule has 0 radical (unpaired) electrons. The Labute approximate surface area is 76.3 Å². The van der Waals surface area contributed by atoms with Crippen molar-refractivity contribution >= 4 is 11.3 Å². The van der Waals surface area contributed by atoms with Crippen LogP contribution in [0.2, 0.25) is 0 Å². The van der Waals surface area contributed by atoms with Gasteiger partial charge in [0.1, 0.15) is 5.01 Å². The van der Waals surface area contributed by atoms with Gasteiger partial charge in [-0.15, -0.1) is 11.3 Å². The van der Waals surface area contributed by atoms with Gasteiger partial charge in [-0.2, -0.15) is 0 Å². The van der Waals surface area contributed by atoms with Gasteiger partial charge in [-0.05, 0) is 13.3 Å². The van der Waals surface area contributed by atoms with E-state index in [4.69, 9.17) is 10.8 Å². The highest BCUT2D eigenvalue weighted by atomic mass is 32.1. The number of aliphatic hydroxyl groups excluding tert-OH is 1. The van der Waals surface area contributed by atoms with Gasteiger partial charge in [-0.25, -0.2) is 4.98 Å². The molecule has 4 heteroatoms. The number of rotatable bonds is 3. The minimum Gasteiger partial charge on any atom is -0.390 e. The maximum Gasteiger partial charge on any atom is 0.113 e. The summed E-state index contributed by atoms with van der Waals surface area (Å²) >= 11 is 1.51. The average molecular weight is 186 g/mol. The number of nitrogens with two attached hydrogens (primary N) is 1. The Kier molecular flexibility index (Phi) is 2.82. The van der Waals surface area contributed by atoms with Crippen molar-refractivity contribution in [3.63, 3.8) is 0 Å². The first-order valence-electron chi connectivity index (χ1n) is 3.94. The number of hydrogen-bond acceptors (Lipinski definition) is 4. The quantitative estimate of drug-likeness (QED) is 0.746. The molecule has 1 rings (SSSR count). The lowest BCUT2D eigenvalue weighted by atomic mass is 10.0. The Balaban J connectivity index is 2.88. The highest BCUT2D eigenvalue weighted by molar-refractivity contribution is 7.09. The van der Waals surface area contributed by atoms with E-state index in [0.717, 1.165) is 11.4 Å². The van der Waals surface area contributed by atoms with Gasteiger partial charge in [-0.1, -0.05) is 6.92 Å². The largest absolute Gasteiger partial charge is 0.390 e. The van der Waals surface area contributed by atoms with E-state index < -0.39 is 0 Å². The third-order valence-electron chi connectivity index (χ3n) is 1.94. The highest BCUT2D eigenvalue weighted by Crippen LogP contribution is 2.24. The summed E-state index contributed by atoms with van der Waals surface area (Å²) in [7, 11) is 0. The van der Waals surface area contributed by atoms with E-state index in [-0.39, 0.29) is 12.1 Å². The zero-order chi connectivity index (χ0) is 9.19. The van der Waals surface area contributed by atoms with Crippen molar-refractivity contribution in [1.82, 2.24) is 4.98 Å². The SMILES string of the molecule is CCC(C)(N)c1nc(CO)cs1. The summed E-state index contributed by atoms with van der Waals surface area (Å²) in [6, 6.07) is 0. The van der Waals surface area contributed by atoms with Crippen molar-refractivity contribution in [1.29, 1.82) is 0 Å². The second kappa shape index (κ2) is 3.51. The molecule has 0 aromatic carbocycles. The summed E-state index contributed by atoms with van der Waals surface area (Å²) in [5, 5.41) is 11.5. The number of thiazole rings is 1. The van der Waals surface area contributed by atoms with E-state index in [1.54, 1.807) is 0 Å². The smallest absolute Gasteiger partial charge is 0.113 e. The second-order valence-electron chi connectivity index (χ2n) is 3.07. The summed E-state index contributed by atoms with van der Waals surface area (Å²) < 4.78 is 0. The van der Waals surface area contributed by atoms with Gasteiger partial charge < -0.3 is 10.8 Å². The Morgan fingerprint density at radius 3 is 2.83 bits per heavy atom. The van der Waals surface area contributed by atoms with Crippen LogP contribution in [0.25, 0.3) is 0 Å². The lowest BCUT2D eigenvalue weighted by molar-refractivity contribution is 0.277. The molecule has 0 aliphatic carbocycles. The van der Waals surface area contributed by atoms with E-state index in [2.05, 4.69) is 4.98 Å². The van der Waals surface area contributed by atoms with Crippen LogP contribution in [-0.2, 0) is 12.1 Å². The Hall–Kier alpha value is -0.450. The van der Waals surface area contributed by atoms with E-state index >= 15 is 0 Å². The number of aliphatic hydroxyl groups is 1. The molecular weight excluding hydrogens is 172 g/mol. The lowest BCUT2D eigenvalue weighted by Gasteiger charge is -2.18. The molecule has 12 heavy (non-hydrogen) atoms. The molecule has 0 saturated carbocycles. The van der Waals surface area contributed by atoms with Crippen molar-refractivity contribution in [2.24, 2.45) is 5.73 Å². The standard InChI is InChI=1S/C8H14N2OS/c1-3-8(2,9)7-10-6(4-11)5-12-7/h5,11H,3-4,9H2,1-2H3. The van der Waals surface area contributed by atoms with Gasteiger partial charge in [0.2, 0.25) is 0 Å². The highest BCUT2D eigenvalue weighted by Gasteiger charge is 2.22. The molecule has 3 N–H and O–H groups in total. The molecule has 0 bridgehead atoms. The van der Waals surface area contributed by atoms with Crippen LogP contribution in [-0.4, -0.2) is 10.1 Å². The Bertz CT molecular complexity index is 257. The predicted octanol–water partition coefficient (Wildman–Crippen LogP) is 1.22. The summed E-state index contributed by atoms with van der Waals surface area (Å²) in [4.78, 5) is 4.21. The van der Waals surface area contributed by atoms with E-state index in [0.29, 0.717) is 5.69 Å². The van der Waals surface area contributed by atoms with E-state index in [9.17, 15) is 0 Å². The van der Waals surface area contributed by atoms with Gasteiger partial charge >= 0.3 is 0 Å². The normalized spacial score (nSPS) is 16.0. The number of aromatic nitrogens is 1. The average Bonchev–Trinajstić information content (AvgIpc) is 2.52. The van der Waals surface area contributed by atoms with Gasteiger partial charge in [0.15, 0.2) is 0 Å². The third kappa shape index (κ3) is 1.83. The van der Waals surface area contributed by atoms with Crippen molar-refractivity contribution in [3.8, 4) is 0 Å². The summed E-state index contributed by atoms with van der Waals surface area (Å²) in [5.41, 5.74) is 6.33. The van der Waals surface area contributed by atoms with Gasteiger partial charge in [0.05, 0.1) is 17.8 Å². The predicted molar refractivity (Wildman–Crippen MR) is 49.9 cm³/mol. The van der Waals surface area contributed by atoms with Crippen LogP contribution in [0.5, 0.6) is 0 Å². The zero-order valence-electron chi connectivity index (χ0n) is 7.37. The number of hydrogen-bond donors (Lipinski definition) is 2. The molecule has 0 amide bonds. The molecule has 0 aliphatic rings. The van der Waals surface area contributed by atoms with Crippen molar-refractivity contribution in [2.45, 2.75) is 32.4 Å². The van der Waals surface area contributed by atoms with Crippen molar-refractivity contribution < 1.29 is 5.11 Å². The van der Waals surface area contributed by atoms with E-state index in [1.807, 2.05) is 19.2 Å². The molecule has 1 aromatic heterocycles. The van der Waals surface area contributed by atoms with Gasteiger partial charge in [-0.3, -0.25) is 0 Å². The van der Waals surface area contributed by atoms with Gasteiger partial charge in [0.25, 0.3) is 0 Å².